The second-order valence-corrected chi connectivity index (χ2v) is 13.2. The summed E-state index contributed by atoms with van der Waals surface area (Å²) in [6.45, 7) is 4.45. The van der Waals surface area contributed by atoms with Gasteiger partial charge in [-0.3, -0.25) is 0 Å². The molecule has 8 heteroatoms. The van der Waals surface area contributed by atoms with Gasteiger partial charge in [0.2, 0.25) is 0 Å². The van der Waals surface area contributed by atoms with Gasteiger partial charge in [-0.1, -0.05) is 127 Å². The third-order valence-corrected chi connectivity index (χ3v) is 9.22. The Morgan fingerprint density at radius 3 is 1.58 bits per heavy atom. The van der Waals surface area contributed by atoms with Crippen LogP contribution in [0.2, 0.25) is 0 Å². The highest BCUT2D eigenvalue weighted by atomic mass is 16.6. The SMILES string of the molecule is CCOCCO[C@H]1c2c(OCc3ccccc3)cc(OCc3ccccc3)cc2O[C@H](c2ccc(OCc3ccccc3)c(OCc3ccccc3)c2)[C@H]1O. The molecular formula is C47H46O8. The van der Waals surface area contributed by atoms with Crippen molar-refractivity contribution in [2.75, 3.05) is 19.8 Å². The standard InChI is InChI=1S/C47H46O8/c1-2-49-25-26-50-47-44-42(54-33-37-21-13-6-14-22-37)28-39(51-30-34-15-7-3-8-16-34)29-43(44)55-46(45(47)48)38-23-24-40(52-31-35-17-9-4-10-18-35)41(27-38)53-32-36-19-11-5-12-20-36/h3-24,27-29,45-48H,2,25-26,30-33H2,1H3/t45-,46-,47+/m1/s1. The second-order valence-electron chi connectivity index (χ2n) is 13.2. The fourth-order valence-corrected chi connectivity index (χ4v) is 6.40. The van der Waals surface area contributed by atoms with Crippen LogP contribution in [-0.4, -0.2) is 31.0 Å². The van der Waals surface area contributed by atoms with Crippen LogP contribution in [0.3, 0.4) is 0 Å². The highest BCUT2D eigenvalue weighted by molar-refractivity contribution is 5.55. The topological polar surface area (TPSA) is 84.8 Å². The Balaban J connectivity index is 1.23. The molecule has 1 aliphatic heterocycles. The van der Waals surface area contributed by atoms with Crippen LogP contribution in [0.25, 0.3) is 0 Å². The van der Waals surface area contributed by atoms with E-state index < -0.39 is 18.3 Å². The van der Waals surface area contributed by atoms with Crippen LogP contribution < -0.4 is 23.7 Å². The average Bonchev–Trinajstić information content (AvgIpc) is 3.24. The van der Waals surface area contributed by atoms with Gasteiger partial charge in [-0.05, 0) is 46.9 Å². The lowest BCUT2D eigenvalue weighted by Crippen LogP contribution is -2.36. The highest BCUT2D eigenvalue weighted by Gasteiger charge is 2.42. The molecule has 0 spiro atoms. The van der Waals surface area contributed by atoms with E-state index in [0.29, 0.717) is 79.5 Å². The van der Waals surface area contributed by atoms with Crippen molar-refractivity contribution < 1.29 is 38.3 Å². The third-order valence-electron chi connectivity index (χ3n) is 9.22. The smallest absolute Gasteiger partial charge is 0.162 e. The summed E-state index contributed by atoms with van der Waals surface area (Å²) >= 11 is 0. The summed E-state index contributed by atoms with van der Waals surface area (Å²) in [5.41, 5.74) is 5.36. The monoisotopic (exact) mass is 738 g/mol. The van der Waals surface area contributed by atoms with Gasteiger partial charge in [0.05, 0.1) is 18.8 Å². The van der Waals surface area contributed by atoms with Gasteiger partial charge in [0, 0.05) is 18.7 Å². The van der Waals surface area contributed by atoms with Gasteiger partial charge in [-0.15, -0.1) is 0 Å². The van der Waals surface area contributed by atoms with E-state index in [1.807, 2.05) is 159 Å². The Bertz CT molecular complexity index is 2060. The molecule has 1 N–H and O–H groups in total. The first-order valence-corrected chi connectivity index (χ1v) is 18.7. The summed E-state index contributed by atoms with van der Waals surface area (Å²) in [6.07, 6.45) is -2.77. The van der Waals surface area contributed by atoms with E-state index in [9.17, 15) is 5.11 Å². The zero-order valence-electron chi connectivity index (χ0n) is 30.9. The molecule has 6 aromatic carbocycles. The quantitative estimate of drug-likeness (QED) is 0.0874. The summed E-state index contributed by atoms with van der Waals surface area (Å²) in [6, 6.07) is 49.1. The zero-order valence-corrected chi connectivity index (χ0v) is 30.9. The van der Waals surface area contributed by atoms with Crippen LogP contribution in [0.4, 0.5) is 0 Å². The van der Waals surface area contributed by atoms with Gasteiger partial charge in [-0.2, -0.15) is 0 Å². The normalized spacial score (nSPS) is 16.1. The lowest BCUT2D eigenvalue weighted by Gasteiger charge is -2.38. The predicted octanol–water partition coefficient (Wildman–Crippen LogP) is 9.59. The first kappa shape index (κ1) is 37.5. The summed E-state index contributed by atoms with van der Waals surface area (Å²) < 4.78 is 44.3. The van der Waals surface area contributed by atoms with E-state index in [4.69, 9.17) is 33.2 Å². The molecular weight excluding hydrogens is 693 g/mol. The molecule has 282 valence electrons. The van der Waals surface area contributed by atoms with Gasteiger partial charge >= 0.3 is 0 Å². The Morgan fingerprint density at radius 1 is 0.527 bits per heavy atom. The molecule has 1 heterocycles. The Hall–Kier alpha value is -5.80. The first-order valence-electron chi connectivity index (χ1n) is 18.7. The van der Waals surface area contributed by atoms with Crippen LogP contribution in [0.5, 0.6) is 28.7 Å². The van der Waals surface area contributed by atoms with Crippen LogP contribution >= 0.6 is 0 Å². The predicted molar refractivity (Wildman–Crippen MR) is 211 cm³/mol. The molecule has 0 aromatic heterocycles. The molecule has 0 saturated carbocycles. The maximum Gasteiger partial charge on any atom is 0.162 e. The average molecular weight is 739 g/mol. The maximum atomic E-state index is 12.2. The minimum Gasteiger partial charge on any atom is -0.489 e. The molecule has 0 unspecified atom stereocenters. The molecule has 0 radical (unpaired) electrons. The number of rotatable bonds is 18. The van der Waals surface area contributed by atoms with Crippen molar-refractivity contribution in [3.8, 4) is 28.7 Å². The van der Waals surface area contributed by atoms with Crippen LogP contribution in [0.15, 0.2) is 152 Å². The zero-order chi connectivity index (χ0) is 37.7. The third kappa shape index (κ3) is 10.0. The summed E-state index contributed by atoms with van der Waals surface area (Å²) in [4.78, 5) is 0. The number of ether oxygens (including phenoxy) is 7. The van der Waals surface area contributed by atoms with E-state index in [2.05, 4.69) is 0 Å². The van der Waals surface area contributed by atoms with E-state index in [0.717, 1.165) is 22.3 Å². The van der Waals surface area contributed by atoms with Crippen molar-refractivity contribution in [2.24, 2.45) is 0 Å². The fourth-order valence-electron chi connectivity index (χ4n) is 6.40. The van der Waals surface area contributed by atoms with Crippen LogP contribution in [0.1, 0.15) is 52.5 Å². The van der Waals surface area contributed by atoms with Gasteiger partial charge in [0.25, 0.3) is 0 Å². The number of hydrogen-bond acceptors (Lipinski definition) is 8. The van der Waals surface area contributed by atoms with Gasteiger partial charge < -0.3 is 38.3 Å². The van der Waals surface area contributed by atoms with Crippen molar-refractivity contribution in [2.45, 2.75) is 51.7 Å². The van der Waals surface area contributed by atoms with Crippen molar-refractivity contribution >= 4 is 0 Å². The van der Waals surface area contributed by atoms with Crippen LogP contribution in [-0.2, 0) is 35.9 Å². The van der Waals surface area contributed by atoms with Crippen LogP contribution in [0, 0.1) is 0 Å². The number of aliphatic hydroxyl groups is 1. The molecule has 0 aliphatic carbocycles. The highest BCUT2D eigenvalue weighted by Crippen LogP contribution is 2.50. The summed E-state index contributed by atoms with van der Waals surface area (Å²) in [7, 11) is 0. The lowest BCUT2D eigenvalue weighted by atomic mass is 9.91. The molecule has 8 nitrogen and oxygen atoms in total. The molecule has 0 amide bonds. The van der Waals surface area contributed by atoms with Crippen molar-refractivity contribution in [1.82, 2.24) is 0 Å². The van der Waals surface area contributed by atoms with Gasteiger partial charge in [0.1, 0.15) is 55.9 Å². The minimum absolute atomic E-state index is 0.254. The molecule has 7 rings (SSSR count). The summed E-state index contributed by atoms with van der Waals surface area (Å²) in [5, 5.41) is 12.2. The molecule has 0 bridgehead atoms. The Kier molecular flexibility index (Phi) is 13.0. The van der Waals surface area contributed by atoms with Crippen molar-refractivity contribution in [1.29, 1.82) is 0 Å². The van der Waals surface area contributed by atoms with E-state index in [1.54, 1.807) is 0 Å². The van der Waals surface area contributed by atoms with Gasteiger partial charge in [-0.25, -0.2) is 0 Å². The molecule has 0 fully saturated rings. The van der Waals surface area contributed by atoms with Crippen molar-refractivity contribution in [3.05, 3.63) is 185 Å². The fraction of sp³-hybridized carbons (Fsp3) is 0.234. The van der Waals surface area contributed by atoms with E-state index >= 15 is 0 Å². The molecule has 3 atom stereocenters. The second kappa shape index (κ2) is 19.0. The summed E-state index contributed by atoms with van der Waals surface area (Å²) in [5.74, 6) is 2.65. The van der Waals surface area contributed by atoms with Crippen molar-refractivity contribution in [3.63, 3.8) is 0 Å². The van der Waals surface area contributed by atoms with Gasteiger partial charge in [0.15, 0.2) is 17.6 Å². The molecule has 6 aromatic rings. The lowest BCUT2D eigenvalue weighted by molar-refractivity contribution is -0.111. The largest absolute Gasteiger partial charge is 0.489 e. The number of fused-ring (bicyclic) bond motifs is 1. The number of aliphatic hydroxyl groups excluding tert-OH is 1. The first-order chi connectivity index (χ1) is 27.1. The Morgan fingerprint density at radius 2 is 1.04 bits per heavy atom. The number of benzene rings is 6. The Labute approximate surface area is 322 Å². The minimum atomic E-state index is -1.12. The number of hydrogen-bond donors (Lipinski definition) is 1. The molecule has 0 saturated heterocycles. The molecule has 55 heavy (non-hydrogen) atoms. The molecule has 1 aliphatic rings. The van der Waals surface area contributed by atoms with E-state index in [1.165, 1.54) is 0 Å². The van der Waals surface area contributed by atoms with E-state index in [-0.39, 0.29) is 6.61 Å². The maximum absolute atomic E-state index is 12.2.